The van der Waals surface area contributed by atoms with E-state index in [4.69, 9.17) is 9.72 Å². The second-order valence-corrected chi connectivity index (χ2v) is 12.9. The van der Waals surface area contributed by atoms with Crippen molar-refractivity contribution in [2.24, 2.45) is 11.8 Å². The number of carboxylic acid groups (broad SMARTS) is 1. The molecular weight excluding hydrogens is 500 g/mol. The lowest BCUT2D eigenvalue weighted by Crippen LogP contribution is -2.07. The molecule has 6 rings (SSSR count). The molecule has 4 aromatic rings. The summed E-state index contributed by atoms with van der Waals surface area (Å²) in [6, 6.07) is 16.5. The van der Waals surface area contributed by atoms with Crippen molar-refractivity contribution < 1.29 is 23.1 Å². The summed E-state index contributed by atoms with van der Waals surface area (Å²) < 4.78 is 31.0. The number of pyridine rings is 1. The Balaban J connectivity index is 1.15. The highest BCUT2D eigenvalue weighted by Gasteiger charge is 2.59. The van der Waals surface area contributed by atoms with Crippen LogP contribution in [0.3, 0.4) is 0 Å². The van der Waals surface area contributed by atoms with E-state index in [1.807, 2.05) is 35.2 Å². The highest BCUT2D eigenvalue weighted by atomic mass is 32.2. The predicted octanol–water partition coefficient (Wildman–Crippen LogP) is 5.00. The van der Waals surface area contributed by atoms with Gasteiger partial charge in [-0.2, -0.15) is 0 Å². The van der Waals surface area contributed by atoms with Crippen LogP contribution in [0.15, 0.2) is 60.9 Å². The largest absolute Gasteiger partial charge is 0.489 e. The van der Waals surface area contributed by atoms with Crippen molar-refractivity contribution in [3.05, 3.63) is 83.2 Å². The van der Waals surface area contributed by atoms with Gasteiger partial charge < -0.3 is 14.4 Å². The molecule has 1 fully saturated rings. The first-order chi connectivity index (χ1) is 18.2. The van der Waals surface area contributed by atoms with E-state index >= 15 is 0 Å². The van der Waals surface area contributed by atoms with E-state index in [9.17, 15) is 18.3 Å². The third-order valence-corrected chi connectivity index (χ3v) is 8.95. The van der Waals surface area contributed by atoms with Crippen molar-refractivity contribution in [1.29, 1.82) is 0 Å². The summed E-state index contributed by atoms with van der Waals surface area (Å²) in [7, 11) is -2.98. The van der Waals surface area contributed by atoms with Crippen molar-refractivity contribution >= 4 is 26.8 Å². The quantitative estimate of drug-likeness (QED) is 0.327. The van der Waals surface area contributed by atoms with Gasteiger partial charge >= 0.3 is 5.97 Å². The number of carbonyl (C=O) groups is 1. The van der Waals surface area contributed by atoms with Gasteiger partial charge in [0.25, 0.3) is 0 Å². The van der Waals surface area contributed by atoms with Crippen molar-refractivity contribution in [3.8, 4) is 16.9 Å². The van der Waals surface area contributed by atoms with Crippen LogP contribution >= 0.6 is 0 Å². The first-order valence-corrected chi connectivity index (χ1v) is 14.9. The minimum absolute atomic E-state index is 0.163. The first-order valence-electron chi connectivity index (χ1n) is 12.9. The van der Waals surface area contributed by atoms with E-state index in [-0.39, 0.29) is 23.5 Å². The van der Waals surface area contributed by atoms with Crippen molar-refractivity contribution in [3.63, 3.8) is 0 Å². The molecule has 1 saturated carbocycles. The SMILES string of the molecule is Cc1ccc(COc2ccc3c(c2)C[C@H]2[C@H](C(=O)O)[C@@H]32)cc1-c1cnc2c(ccn2CCCS(C)(=O)=O)c1. The summed E-state index contributed by atoms with van der Waals surface area (Å²) in [6.07, 6.45) is 6.47. The second kappa shape index (κ2) is 9.27. The van der Waals surface area contributed by atoms with Crippen LogP contribution in [0.2, 0.25) is 0 Å². The summed E-state index contributed by atoms with van der Waals surface area (Å²) in [5.41, 5.74) is 7.55. The smallest absolute Gasteiger partial charge is 0.307 e. The molecule has 0 aliphatic heterocycles. The van der Waals surface area contributed by atoms with Gasteiger partial charge in [-0.25, -0.2) is 13.4 Å². The zero-order valence-corrected chi connectivity index (χ0v) is 22.2. The van der Waals surface area contributed by atoms with E-state index in [0.717, 1.165) is 45.5 Å². The monoisotopic (exact) mass is 530 g/mol. The maximum Gasteiger partial charge on any atom is 0.307 e. The van der Waals surface area contributed by atoms with E-state index in [1.54, 1.807) is 0 Å². The zero-order chi connectivity index (χ0) is 26.6. The van der Waals surface area contributed by atoms with Gasteiger partial charge in [-0.3, -0.25) is 4.79 Å². The average molecular weight is 531 g/mol. The summed E-state index contributed by atoms with van der Waals surface area (Å²) in [5.74, 6) is 0.486. The van der Waals surface area contributed by atoms with Crippen molar-refractivity contribution in [2.45, 2.75) is 38.8 Å². The van der Waals surface area contributed by atoms with Gasteiger partial charge in [-0.05, 0) is 83.8 Å². The standard InChI is InChI=1S/C30H30N2O5S/c1-18-4-5-19(17-37-23-6-7-24-21(14-23)15-26-27(24)28(26)30(33)34)12-25(18)22-13-20-8-10-32(29(20)31-16-22)9-3-11-38(2,35)36/h4-8,10,12-14,16,26-28H,3,9,11,15,17H2,1-2H3,(H,33,34)/t26-,27+,28+/m1/s1. The molecular formula is C30H30N2O5S. The molecule has 0 unspecified atom stereocenters. The number of benzene rings is 2. The molecule has 38 heavy (non-hydrogen) atoms. The summed E-state index contributed by atoms with van der Waals surface area (Å²) >= 11 is 0. The summed E-state index contributed by atoms with van der Waals surface area (Å²) in [4.78, 5) is 16.1. The molecule has 2 aromatic carbocycles. The van der Waals surface area contributed by atoms with Gasteiger partial charge in [0, 0.05) is 42.1 Å². The summed E-state index contributed by atoms with van der Waals surface area (Å²) in [5, 5.41) is 10.4. The van der Waals surface area contributed by atoms with Gasteiger partial charge in [0.15, 0.2) is 0 Å². The summed E-state index contributed by atoms with van der Waals surface area (Å²) in [6.45, 7) is 3.12. The fourth-order valence-corrected chi connectivity index (χ4v) is 6.61. The normalized spacial score (nSPS) is 19.8. The number of aliphatic carboxylic acids is 1. The van der Waals surface area contributed by atoms with Gasteiger partial charge in [0.1, 0.15) is 27.8 Å². The van der Waals surface area contributed by atoms with Crippen LogP contribution in [0, 0.1) is 18.8 Å². The molecule has 2 heterocycles. The van der Waals surface area contributed by atoms with Gasteiger partial charge in [0.2, 0.25) is 0 Å². The number of aromatic nitrogens is 2. The lowest BCUT2D eigenvalue weighted by molar-refractivity contribution is -0.139. The Labute approximate surface area is 222 Å². The average Bonchev–Trinajstić information content (AvgIpc) is 3.25. The Bertz CT molecular complexity index is 1670. The molecule has 0 bridgehead atoms. The molecule has 0 spiro atoms. The number of aryl methyl sites for hydroxylation is 2. The number of sulfone groups is 1. The number of fused-ring (bicyclic) bond motifs is 4. The molecule has 2 aromatic heterocycles. The number of rotatable bonds is 9. The van der Waals surface area contributed by atoms with Crippen molar-refractivity contribution in [2.75, 3.05) is 12.0 Å². The molecule has 8 heteroatoms. The Morgan fingerprint density at radius 2 is 2.00 bits per heavy atom. The van der Waals surface area contributed by atoms with Crippen molar-refractivity contribution in [1.82, 2.24) is 9.55 Å². The fourth-order valence-electron chi connectivity index (χ4n) is 5.96. The molecule has 0 amide bonds. The maximum absolute atomic E-state index is 11.4. The molecule has 0 saturated heterocycles. The Morgan fingerprint density at radius 3 is 2.79 bits per heavy atom. The number of ether oxygens (including phenoxy) is 1. The van der Waals surface area contributed by atoms with E-state index in [0.29, 0.717) is 19.6 Å². The van der Waals surface area contributed by atoms with Gasteiger partial charge in [-0.1, -0.05) is 18.2 Å². The van der Waals surface area contributed by atoms with Crippen LogP contribution in [0.25, 0.3) is 22.2 Å². The number of nitrogens with zero attached hydrogens (tertiary/aromatic N) is 2. The highest BCUT2D eigenvalue weighted by molar-refractivity contribution is 7.90. The Morgan fingerprint density at radius 1 is 1.16 bits per heavy atom. The third-order valence-electron chi connectivity index (χ3n) is 7.92. The molecule has 2 aliphatic rings. The minimum atomic E-state index is -2.98. The van der Waals surface area contributed by atoms with Crippen LogP contribution in [0.1, 0.15) is 34.6 Å². The van der Waals surface area contributed by atoms with Crippen LogP contribution < -0.4 is 4.74 Å². The lowest BCUT2D eigenvalue weighted by atomic mass is 9.99. The highest BCUT2D eigenvalue weighted by Crippen LogP contribution is 2.61. The van der Waals surface area contributed by atoms with E-state index in [1.165, 1.54) is 17.4 Å². The van der Waals surface area contributed by atoms with Gasteiger partial charge in [-0.15, -0.1) is 0 Å². The maximum atomic E-state index is 11.4. The third kappa shape index (κ3) is 4.69. The second-order valence-electron chi connectivity index (χ2n) is 10.7. The molecule has 1 N–H and O–H groups in total. The molecule has 3 atom stereocenters. The fraction of sp³-hybridized carbons (Fsp3) is 0.333. The van der Waals surface area contributed by atoms with E-state index in [2.05, 4.69) is 37.3 Å². The zero-order valence-electron chi connectivity index (χ0n) is 21.4. The molecule has 0 radical (unpaired) electrons. The number of hydrogen-bond acceptors (Lipinski definition) is 5. The van der Waals surface area contributed by atoms with Crippen LogP contribution in [0.4, 0.5) is 0 Å². The molecule has 196 valence electrons. The lowest BCUT2D eigenvalue weighted by Gasteiger charge is -2.13. The number of hydrogen-bond donors (Lipinski definition) is 1. The van der Waals surface area contributed by atoms with Crippen LogP contribution in [-0.4, -0.2) is 41.1 Å². The minimum Gasteiger partial charge on any atom is -0.489 e. The van der Waals surface area contributed by atoms with Crippen LogP contribution in [-0.2, 0) is 34.2 Å². The Kier molecular flexibility index (Phi) is 6.02. The first kappa shape index (κ1) is 24.7. The molecule has 2 aliphatic carbocycles. The van der Waals surface area contributed by atoms with E-state index < -0.39 is 15.8 Å². The number of carboxylic acids is 1. The van der Waals surface area contributed by atoms with Crippen LogP contribution in [0.5, 0.6) is 5.75 Å². The molecule has 7 nitrogen and oxygen atoms in total. The predicted molar refractivity (Wildman–Crippen MR) is 146 cm³/mol. The topological polar surface area (TPSA) is 98.5 Å². The Hall–Kier alpha value is -3.65. The van der Waals surface area contributed by atoms with Gasteiger partial charge in [0.05, 0.1) is 11.7 Å².